The molecule has 1 heterocycles. The van der Waals surface area contributed by atoms with Gasteiger partial charge in [0.1, 0.15) is 0 Å². The summed E-state index contributed by atoms with van der Waals surface area (Å²) in [7, 11) is 0. The van der Waals surface area contributed by atoms with Crippen molar-refractivity contribution in [3.63, 3.8) is 0 Å². The zero-order valence-corrected chi connectivity index (χ0v) is 15.5. The summed E-state index contributed by atoms with van der Waals surface area (Å²) in [6.45, 7) is 2.12. The van der Waals surface area contributed by atoms with Crippen LogP contribution in [0.25, 0.3) is 0 Å². The topological polar surface area (TPSA) is 49.4 Å². The van der Waals surface area contributed by atoms with Gasteiger partial charge < -0.3 is 10.2 Å². The van der Waals surface area contributed by atoms with Crippen LogP contribution in [-0.2, 0) is 6.42 Å². The van der Waals surface area contributed by atoms with E-state index in [9.17, 15) is 9.59 Å². The molecule has 2 aromatic carbocycles. The zero-order valence-electron chi connectivity index (χ0n) is 14.7. The third kappa shape index (κ3) is 4.85. The largest absolute Gasteiger partial charge is 0.352 e. The van der Waals surface area contributed by atoms with Gasteiger partial charge in [0.2, 0.25) is 0 Å². The molecule has 0 aliphatic carbocycles. The molecule has 4 nitrogen and oxygen atoms in total. The zero-order chi connectivity index (χ0) is 18.4. The highest BCUT2D eigenvalue weighted by Crippen LogP contribution is 2.15. The number of hydrogen-bond acceptors (Lipinski definition) is 2. The van der Waals surface area contributed by atoms with Gasteiger partial charge in [0.05, 0.1) is 0 Å². The van der Waals surface area contributed by atoms with Crippen molar-refractivity contribution in [1.29, 1.82) is 0 Å². The number of amides is 2. The molecule has 1 saturated heterocycles. The summed E-state index contributed by atoms with van der Waals surface area (Å²) in [4.78, 5) is 26.9. The van der Waals surface area contributed by atoms with Crippen LogP contribution < -0.4 is 5.32 Å². The van der Waals surface area contributed by atoms with E-state index >= 15 is 0 Å². The van der Waals surface area contributed by atoms with E-state index < -0.39 is 0 Å². The monoisotopic (exact) mass is 370 g/mol. The Hall–Kier alpha value is -2.33. The number of nitrogens with zero attached hydrogens (tertiary/aromatic N) is 1. The second kappa shape index (κ2) is 8.86. The molecular weight excluding hydrogens is 348 g/mol. The van der Waals surface area contributed by atoms with Crippen LogP contribution in [0.1, 0.15) is 45.5 Å². The van der Waals surface area contributed by atoms with Crippen LogP contribution in [0.5, 0.6) is 0 Å². The summed E-state index contributed by atoms with van der Waals surface area (Å²) in [6, 6.07) is 14.6. The van der Waals surface area contributed by atoms with Crippen molar-refractivity contribution in [2.75, 3.05) is 19.6 Å². The summed E-state index contributed by atoms with van der Waals surface area (Å²) in [5.41, 5.74) is 2.17. The maximum atomic E-state index is 12.6. The van der Waals surface area contributed by atoms with Gasteiger partial charge in [-0.3, -0.25) is 9.59 Å². The lowest BCUT2D eigenvalue weighted by atomic mass is 10.1. The Balaban J connectivity index is 1.58. The van der Waals surface area contributed by atoms with Crippen LogP contribution in [0.2, 0.25) is 5.02 Å². The fourth-order valence-corrected chi connectivity index (χ4v) is 3.40. The van der Waals surface area contributed by atoms with Crippen molar-refractivity contribution >= 4 is 23.4 Å². The summed E-state index contributed by atoms with van der Waals surface area (Å²) in [6.07, 6.45) is 3.99. The van der Waals surface area contributed by atoms with Gasteiger partial charge in [0.15, 0.2) is 0 Å². The fourth-order valence-electron chi connectivity index (χ4n) is 3.19. The maximum absolute atomic E-state index is 12.6. The van der Waals surface area contributed by atoms with E-state index in [0.29, 0.717) is 29.1 Å². The SMILES string of the molecule is O=C(NCCc1cccc(Cl)c1)c1cccc(C(=O)N2CCCCC2)c1. The Bertz CT molecular complexity index is 785. The molecule has 26 heavy (non-hydrogen) atoms. The highest BCUT2D eigenvalue weighted by Gasteiger charge is 2.19. The minimum absolute atomic E-state index is 0.0123. The molecule has 0 saturated carbocycles. The number of piperidine rings is 1. The Labute approximate surface area is 159 Å². The van der Waals surface area contributed by atoms with E-state index in [4.69, 9.17) is 11.6 Å². The molecule has 0 aromatic heterocycles. The number of carbonyl (C=O) groups is 2. The number of benzene rings is 2. The van der Waals surface area contributed by atoms with Gasteiger partial charge in [0.25, 0.3) is 11.8 Å². The number of halogens is 1. The van der Waals surface area contributed by atoms with E-state index in [1.165, 1.54) is 6.42 Å². The third-order valence-electron chi connectivity index (χ3n) is 4.60. The molecular formula is C21H23ClN2O2. The number of nitrogens with one attached hydrogen (secondary N) is 1. The molecule has 0 spiro atoms. The summed E-state index contributed by atoms with van der Waals surface area (Å²) >= 11 is 5.97. The first-order valence-electron chi connectivity index (χ1n) is 9.05. The molecule has 136 valence electrons. The first-order chi connectivity index (χ1) is 12.6. The van der Waals surface area contributed by atoms with Gasteiger partial charge >= 0.3 is 0 Å². The Morgan fingerprint density at radius 1 is 0.962 bits per heavy atom. The Kier molecular flexibility index (Phi) is 6.29. The van der Waals surface area contributed by atoms with Gasteiger partial charge in [0, 0.05) is 35.8 Å². The number of hydrogen-bond donors (Lipinski definition) is 1. The Morgan fingerprint density at radius 3 is 2.46 bits per heavy atom. The average Bonchev–Trinajstić information content (AvgIpc) is 2.68. The van der Waals surface area contributed by atoms with E-state index in [1.54, 1.807) is 24.3 Å². The van der Waals surface area contributed by atoms with Crippen molar-refractivity contribution in [3.05, 3.63) is 70.2 Å². The second-order valence-electron chi connectivity index (χ2n) is 6.57. The number of carbonyl (C=O) groups excluding carboxylic acids is 2. The van der Waals surface area contributed by atoms with E-state index in [-0.39, 0.29) is 11.8 Å². The molecule has 0 bridgehead atoms. The molecule has 1 fully saturated rings. The lowest BCUT2D eigenvalue weighted by Crippen LogP contribution is -2.35. The molecule has 1 aliphatic heterocycles. The van der Waals surface area contributed by atoms with Crippen molar-refractivity contribution < 1.29 is 9.59 Å². The van der Waals surface area contributed by atoms with Crippen LogP contribution >= 0.6 is 11.6 Å². The molecule has 1 aliphatic rings. The van der Waals surface area contributed by atoms with Gasteiger partial charge in [-0.1, -0.05) is 29.8 Å². The number of rotatable bonds is 5. The molecule has 0 atom stereocenters. The maximum Gasteiger partial charge on any atom is 0.253 e. The van der Waals surface area contributed by atoms with Crippen LogP contribution in [0.3, 0.4) is 0 Å². The van der Waals surface area contributed by atoms with Crippen molar-refractivity contribution in [2.24, 2.45) is 0 Å². The quantitative estimate of drug-likeness (QED) is 0.866. The fraction of sp³-hybridized carbons (Fsp3) is 0.333. The van der Waals surface area contributed by atoms with Crippen molar-refractivity contribution in [1.82, 2.24) is 10.2 Å². The van der Waals surface area contributed by atoms with E-state index in [0.717, 1.165) is 31.5 Å². The predicted molar refractivity (Wildman–Crippen MR) is 104 cm³/mol. The second-order valence-corrected chi connectivity index (χ2v) is 7.01. The van der Waals surface area contributed by atoms with E-state index in [1.807, 2.05) is 29.2 Å². The first-order valence-corrected chi connectivity index (χ1v) is 9.43. The van der Waals surface area contributed by atoms with Crippen LogP contribution in [-0.4, -0.2) is 36.3 Å². The molecule has 0 radical (unpaired) electrons. The smallest absolute Gasteiger partial charge is 0.253 e. The highest BCUT2D eigenvalue weighted by molar-refractivity contribution is 6.30. The lowest BCUT2D eigenvalue weighted by Gasteiger charge is -2.26. The number of likely N-dealkylation sites (tertiary alicyclic amines) is 1. The molecule has 3 rings (SSSR count). The van der Waals surface area contributed by atoms with Crippen LogP contribution in [0.15, 0.2) is 48.5 Å². The average molecular weight is 371 g/mol. The van der Waals surface area contributed by atoms with Gasteiger partial charge in [-0.05, 0) is 61.6 Å². The molecule has 5 heteroatoms. The van der Waals surface area contributed by atoms with Crippen molar-refractivity contribution in [3.8, 4) is 0 Å². The lowest BCUT2D eigenvalue weighted by molar-refractivity contribution is 0.0724. The predicted octanol–water partition coefficient (Wildman–Crippen LogP) is 3.94. The van der Waals surface area contributed by atoms with Gasteiger partial charge in [-0.15, -0.1) is 0 Å². The molecule has 2 amide bonds. The van der Waals surface area contributed by atoms with Crippen molar-refractivity contribution in [2.45, 2.75) is 25.7 Å². The van der Waals surface area contributed by atoms with Crippen LogP contribution in [0.4, 0.5) is 0 Å². The first kappa shape index (κ1) is 18.5. The van der Waals surface area contributed by atoms with Crippen LogP contribution in [0, 0.1) is 0 Å². The molecule has 0 unspecified atom stereocenters. The minimum Gasteiger partial charge on any atom is -0.352 e. The highest BCUT2D eigenvalue weighted by atomic mass is 35.5. The molecule has 1 N–H and O–H groups in total. The Morgan fingerprint density at radius 2 is 1.69 bits per heavy atom. The summed E-state index contributed by atoms with van der Waals surface area (Å²) < 4.78 is 0. The van der Waals surface area contributed by atoms with E-state index in [2.05, 4.69) is 5.32 Å². The standard InChI is InChI=1S/C21H23ClN2O2/c22-19-9-4-6-16(14-19)10-11-23-20(25)17-7-5-8-18(15-17)21(26)24-12-2-1-3-13-24/h4-9,14-15H,1-3,10-13H2,(H,23,25). The minimum atomic E-state index is -0.166. The summed E-state index contributed by atoms with van der Waals surface area (Å²) in [5.74, 6) is -0.154. The van der Waals surface area contributed by atoms with Gasteiger partial charge in [-0.25, -0.2) is 0 Å². The third-order valence-corrected chi connectivity index (χ3v) is 4.84. The molecule has 2 aromatic rings. The van der Waals surface area contributed by atoms with Gasteiger partial charge in [-0.2, -0.15) is 0 Å². The summed E-state index contributed by atoms with van der Waals surface area (Å²) in [5, 5.41) is 3.60. The normalized spacial score (nSPS) is 14.1.